The van der Waals surface area contributed by atoms with E-state index in [0.29, 0.717) is 0 Å². The number of rotatable bonds is 1. The lowest BCUT2D eigenvalue weighted by Crippen LogP contribution is -2.22. The van der Waals surface area contributed by atoms with E-state index in [9.17, 15) is 14.5 Å². The Morgan fingerprint density at radius 1 is 1.60 bits per heavy atom. The van der Waals surface area contributed by atoms with E-state index in [1.807, 2.05) is 0 Å². The average Bonchev–Trinajstić information content (AvgIpc) is 2.17. The van der Waals surface area contributed by atoms with Gasteiger partial charge in [0.05, 0.1) is 6.54 Å². The van der Waals surface area contributed by atoms with E-state index < -0.39 is 17.7 Å². The molecule has 0 aromatic rings. The van der Waals surface area contributed by atoms with Gasteiger partial charge in [-0.15, -0.1) is 4.91 Å². The molecule has 1 aliphatic rings. The first-order valence-electron chi connectivity index (χ1n) is 2.78. The van der Waals surface area contributed by atoms with Gasteiger partial charge in [0, 0.05) is 7.05 Å². The molecule has 1 atom stereocenters. The van der Waals surface area contributed by atoms with E-state index in [1.54, 1.807) is 0 Å². The molecule has 5 heteroatoms. The zero-order chi connectivity index (χ0) is 7.72. The number of nitroso groups, excluding NO2 is 1. The molecular weight excluding hydrogens is 136 g/mol. The van der Waals surface area contributed by atoms with Gasteiger partial charge in [-0.25, -0.2) is 0 Å². The van der Waals surface area contributed by atoms with Crippen LogP contribution in [-0.4, -0.2) is 36.2 Å². The van der Waals surface area contributed by atoms with Gasteiger partial charge in [-0.2, -0.15) is 0 Å². The first-order valence-corrected chi connectivity index (χ1v) is 2.78. The molecule has 10 heavy (non-hydrogen) atoms. The van der Waals surface area contributed by atoms with Gasteiger partial charge in [-0.3, -0.25) is 9.59 Å². The maximum absolute atomic E-state index is 10.7. The third-order valence-electron chi connectivity index (χ3n) is 1.43. The number of nitrogens with zero attached hydrogens (tertiary/aromatic N) is 2. The van der Waals surface area contributed by atoms with Crippen LogP contribution in [0.5, 0.6) is 0 Å². The predicted molar refractivity (Wildman–Crippen MR) is 32.2 cm³/mol. The fourth-order valence-corrected chi connectivity index (χ4v) is 0.837. The first-order chi connectivity index (χ1) is 4.66. The normalized spacial score (nSPS) is 25.7. The second-order valence-corrected chi connectivity index (χ2v) is 2.17. The standard InChI is InChI=1S/C5H6N2O3/c1-7-2-3(6-10)4(8)5(7)9/h3H,2H2,1H3. The van der Waals surface area contributed by atoms with E-state index in [2.05, 4.69) is 5.18 Å². The lowest BCUT2D eigenvalue weighted by atomic mass is 10.2. The van der Waals surface area contributed by atoms with E-state index in [1.165, 1.54) is 11.9 Å². The molecule has 0 aromatic heterocycles. The Morgan fingerprint density at radius 2 is 2.20 bits per heavy atom. The second-order valence-electron chi connectivity index (χ2n) is 2.17. The van der Waals surface area contributed by atoms with Crippen molar-refractivity contribution in [3.8, 4) is 0 Å². The van der Waals surface area contributed by atoms with Crippen LogP contribution in [-0.2, 0) is 9.59 Å². The summed E-state index contributed by atoms with van der Waals surface area (Å²) in [5.41, 5.74) is 0. The van der Waals surface area contributed by atoms with E-state index in [4.69, 9.17) is 0 Å². The second kappa shape index (κ2) is 2.17. The van der Waals surface area contributed by atoms with Gasteiger partial charge in [-0.05, 0) is 0 Å². The number of likely N-dealkylation sites (N-methyl/N-ethyl adjacent to an activating group) is 1. The molecule has 0 saturated carbocycles. The number of carbonyl (C=O) groups is 2. The molecule has 54 valence electrons. The molecule has 0 radical (unpaired) electrons. The van der Waals surface area contributed by atoms with Crippen LogP contribution in [0, 0.1) is 4.91 Å². The summed E-state index contributed by atoms with van der Waals surface area (Å²) in [6, 6.07) is -0.975. The lowest BCUT2D eigenvalue weighted by Gasteiger charge is -2.02. The number of hydrogen-bond acceptors (Lipinski definition) is 4. The Kier molecular flexibility index (Phi) is 1.48. The summed E-state index contributed by atoms with van der Waals surface area (Å²) in [4.78, 5) is 32.4. The highest BCUT2D eigenvalue weighted by Gasteiger charge is 2.37. The molecule has 1 unspecified atom stereocenters. The molecule has 1 amide bonds. The smallest absolute Gasteiger partial charge is 0.292 e. The number of carbonyl (C=O) groups excluding carboxylic acids is 2. The Morgan fingerprint density at radius 3 is 2.40 bits per heavy atom. The average molecular weight is 142 g/mol. The van der Waals surface area contributed by atoms with Crippen molar-refractivity contribution in [1.82, 2.24) is 4.90 Å². The largest absolute Gasteiger partial charge is 0.336 e. The van der Waals surface area contributed by atoms with Crippen LogP contribution in [0.3, 0.4) is 0 Å². The van der Waals surface area contributed by atoms with Gasteiger partial charge >= 0.3 is 0 Å². The van der Waals surface area contributed by atoms with Gasteiger partial charge in [0.15, 0.2) is 6.04 Å². The molecule has 1 rings (SSSR count). The fourth-order valence-electron chi connectivity index (χ4n) is 0.837. The minimum absolute atomic E-state index is 0.126. The van der Waals surface area contributed by atoms with Gasteiger partial charge in [0.25, 0.3) is 5.91 Å². The summed E-state index contributed by atoms with van der Waals surface area (Å²) < 4.78 is 0. The van der Waals surface area contributed by atoms with Crippen LogP contribution in [0.25, 0.3) is 0 Å². The highest BCUT2D eigenvalue weighted by atomic mass is 16.3. The minimum atomic E-state index is -0.975. The molecule has 1 fully saturated rings. The number of ketones is 1. The zero-order valence-corrected chi connectivity index (χ0v) is 5.40. The molecule has 5 nitrogen and oxygen atoms in total. The van der Waals surface area contributed by atoms with Gasteiger partial charge < -0.3 is 4.90 Å². The predicted octanol–water partition coefficient (Wildman–Crippen LogP) is -0.838. The molecule has 0 aliphatic carbocycles. The number of Topliss-reactive ketones (excluding diaryl/α,β-unsaturated/α-hetero) is 1. The topological polar surface area (TPSA) is 66.8 Å². The molecule has 1 aliphatic heterocycles. The summed E-state index contributed by atoms with van der Waals surface area (Å²) in [5.74, 6) is -1.32. The van der Waals surface area contributed by atoms with Crippen LogP contribution in [0.2, 0.25) is 0 Å². The van der Waals surface area contributed by atoms with Crippen molar-refractivity contribution in [2.24, 2.45) is 5.18 Å². The summed E-state index contributed by atoms with van der Waals surface area (Å²) >= 11 is 0. The fraction of sp³-hybridized carbons (Fsp3) is 0.600. The highest BCUT2D eigenvalue weighted by molar-refractivity contribution is 6.40. The molecule has 0 N–H and O–H groups in total. The van der Waals surface area contributed by atoms with Crippen molar-refractivity contribution in [3.05, 3.63) is 4.91 Å². The van der Waals surface area contributed by atoms with Gasteiger partial charge in [-0.1, -0.05) is 5.18 Å². The third-order valence-corrected chi connectivity index (χ3v) is 1.43. The van der Waals surface area contributed by atoms with Crippen LogP contribution in [0.1, 0.15) is 0 Å². The molecular formula is C5H6N2O3. The first kappa shape index (κ1) is 6.85. The molecule has 0 aromatic carbocycles. The highest BCUT2D eigenvalue weighted by Crippen LogP contribution is 2.07. The minimum Gasteiger partial charge on any atom is -0.336 e. The van der Waals surface area contributed by atoms with Gasteiger partial charge in [0.2, 0.25) is 5.78 Å². The Bertz CT molecular complexity index is 201. The van der Waals surface area contributed by atoms with Crippen molar-refractivity contribution in [1.29, 1.82) is 0 Å². The van der Waals surface area contributed by atoms with E-state index in [-0.39, 0.29) is 6.54 Å². The SMILES string of the molecule is CN1CC(N=O)C(=O)C1=O. The summed E-state index contributed by atoms with van der Waals surface area (Å²) in [5, 5.41) is 2.51. The number of amides is 1. The molecule has 1 saturated heterocycles. The Hall–Kier alpha value is -1.26. The van der Waals surface area contributed by atoms with E-state index in [0.717, 1.165) is 0 Å². The van der Waals surface area contributed by atoms with Crippen LogP contribution in [0.15, 0.2) is 5.18 Å². The maximum Gasteiger partial charge on any atom is 0.292 e. The molecule has 0 bridgehead atoms. The van der Waals surface area contributed by atoms with E-state index >= 15 is 0 Å². The Balaban J connectivity index is 2.80. The number of hydrogen-bond donors (Lipinski definition) is 0. The lowest BCUT2D eigenvalue weighted by molar-refractivity contribution is -0.139. The zero-order valence-electron chi connectivity index (χ0n) is 5.40. The van der Waals surface area contributed by atoms with Crippen LogP contribution in [0.4, 0.5) is 0 Å². The summed E-state index contributed by atoms with van der Waals surface area (Å²) in [7, 11) is 1.46. The quantitative estimate of drug-likeness (QED) is 0.354. The Labute approximate surface area is 57.0 Å². The third kappa shape index (κ3) is 0.792. The van der Waals surface area contributed by atoms with Crippen LogP contribution >= 0.6 is 0 Å². The summed E-state index contributed by atoms with van der Waals surface area (Å²) in [6.07, 6.45) is 0. The van der Waals surface area contributed by atoms with Crippen LogP contribution < -0.4 is 0 Å². The monoisotopic (exact) mass is 142 g/mol. The molecule has 1 heterocycles. The van der Waals surface area contributed by atoms with Gasteiger partial charge in [0.1, 0.15) is 0 Å². The maximum atomic E-state index is 10.7. The van der Waals surface area contributed by atoms with Crippen molar-refractivity contribution < 1.29 is 9.59 Å². The van der Waals surface area contributed by atoms with Crippen molar-refractivity contribution in [2.75, 3.05) is 13.6 Å². The van der Waals surface area contributed by atoms with Crippen molar-refractivity contribution in [3.63, 3.8) is 0 Å². The van der Waals surface area contributed by atoms with Crippen molar-refractivity contribution >= 4 is 11.7 Å². The van der Waals surface area contributed by atoms with Crippen molar-refractivity contribution in [2.45, 2.75) is 6.04 Å². The summed E-state index contributed by atoms with van der Waals surface area (Å²) in [6.45, 7) is 0.126. The molecule has 0 spiro atoms. The number of likely N-dealkylation sites (tertiary alicyclic amines) is 1.